The van der Waals surface area contributed by atoms with Crippen LogP contribution < -0.4 is 10.0 Å². The van der Waals surface area contributed by atoms with Crippen LogP contribution in [-0.2, 0) is 14.8 Å². The molecule has 1 aromatic rings. The fourth-order valence-corrected chi connectivity index (χ4v) is 3.99. The summed E-state index contributed by atoms with van der Waals surface area (Å²) in [6.07, 6.45) is 2.97. The lowest BCUT2D eigenvalue weighted by Crippen LogP contribution is -2.47. The van der Waals surface area contributed by atoms with Gasteiger partial charge in [0.2, 0.25) is 15.9 Å². The number of hydrogen-bond donors (Lipinski definition) is 2. The number of sulfonamides is 1. The van der Waals surface area contributed by atoms with Crippen LogP contribution in [0, 0.1) is 0 Å². The molecular formula is C16H22ClN3O3S. The molecule has 1 aromatic carbocycles. The van der Waals surface area contributed by atoms with Crippen molar-refractivity contribution in [2.24, 2.45) is 0 Å². The lowest BCUT2D eigenvalue weighted by Gasteiger charge is -2.31. The van der Waals surface area contributed by atoms with Crippen molar-refractivity contribution in [3.63, 3.8) is 0 Å². The number of piperidine rings is 1. The molecule has 1 fully saturated rings. The number of amides is 1. The van der Waals surface area contributed by atoms with Gasteiger partial charge in [-0.1, -0.05) is 17.7 Å². The van der Waals surface area contributed by atoms with Crippen LogP contribution in [0.4, 0.5) is 0 Å². The quantitative estimate of drug-likeness (QED) is 0.710. The highest BCUT2D eigenvalue weighted by molar-refractivity contribution is 7.89. The second kappa shape index (κ2) is 8.62. The van der Waals surface area contributed by atoms with Gasteiger partial charge in [-0.05, 0) is 37.1 Å². The van der Waals surface area contributed by atoms with E-state index in [9.17, 15) is 13.2 Å². The summed E-state index contributed by atoms with van der Waals surface area (Å²) in [5, 5.41) is 3.23. The summed E-state index contributed by atoms with van der Waals surface area (Å²) < 4.78 is 27.4. The Morgan fingerprint density at radius 3 is 2.50 bits per heavy atom. The highest BCUT2D eigenvalue weighted by atomic mass is 35.5. The van der Waals surface area contributed by atoms with Crippen molar-refractivity contribution in [2.75, 3.05) is 26.2 Å². The predicted molar refractivity (Wildman–Crippen MR) is 94.4 cm³/mol. The average molecular weight is 372 g/mol. The maximum absolute atomic E-state index is 12.3. The van der Waals surface area contributed by atoms with E-state index in [0.717, 1.165) is 0 Å². The molecule has 0 aliphatic carbocycles. The Morgan fingerprint density at radius 1 is 1.29 bits per heavy atom. The van der Waals surface area contributed by atoms with Gasteiger partial charge in [0.05, 0.1) is 11.4 Å². The molecule has 0 radical (unpaired) electrons. The molecule has 24 heavy (non-hydrogen) atoms. The number of benzene rings is 1. The topological polar surface area (TPSA) is 78.5 Å². The summed E-state index contributed by atoms with van der Waals surface area (Å²) in [6, 6.07) is 5.97. The smallest absolute Gasteiger partial charge is 0.240 e. The fraction of sp³-hybridized carbons (Fsp3) is 0.438. The molecule has 0 atom stereocenters. The van der Waals surface area contributed by atoms with Crippen molar-refractivity contribution >= 4 is 27.5 Å². The summed E-state index contributed by atoms with van der Waals surface area (Å²) in [5.74, 6) is -0.0462. The van der Waals surface area contributed by atoms with Crippen LogP contribution >= 0.6 is 11.6 Å². The molecule has 8 heteroatoms. The van der Waals surface area contributed by atoms with Crippen molar-refractivity contribution in [1.82, 2.24) is 14.9 Å². The molecule has 0 saturated carbocycles. The van der Waals surface area contributed by atoms with Gasteiger partial charge in [-0.25, -0.2) is 13.1 Å². The first kappa shape index (κ1) is 18.9. The lowest BCUT2D eigenvalue weighted by atomic mass is 10.1. The van der Waals surface area contributed by atoms with E-state index >= 15 is 0 Å². The van der Waals surface area contributed by atoms with Gasteiger partial charge in [-0.15, -0.1) is 6.58 Å². The van der Waals surface area contributed by atoms with E-state index in [4.69, 9.17) is 11.6 Å². The first-order valence-electron chi connectivity index (χ1n) is 7.78. The van der Waals surface area contributed by atoms with Crippen LogP contribution in [0.2, 0.25) is 5.02 Å². The van der Waals surface area contributed by atoms with Crippen LogP contribution in [0.3, 0.4) is 0 Å². The van der Waals surface area contributed by atoms with Gasteiger partial charge in [0.15, 0.2) is 0 Å². The van der Waals surface area contributed by atoms with Crippen molar-refractivity contribution in [1.29, 1.82) is 0 Å². The molecular weight excluding hydrogens is 350 g/mol. The number of carbonyl (C=O) groups excluding carboxylic acids is 1. The molecule has 1 aliphatic heterocycles. The molecule has 6 nitrogen and oxygen atoms in total. The summed E-state index contributed by atoms with van der Waals surface area (Å²) in [5.41, 5.74) is 0. The molecule has 0 unspecified atom stereocenters. The van der Waals surface area contributed by atoms with Gasteiger partial charge in [0, 0.05) is 30.7 Å². The van der Waals surface area contributed by atoms with E-state index in [-0.39, 0.29) is 16.8 Å². The van der Waals surface area contributed by atoms with Crippen molar-refractivity contribution in [3.8, 4) is 0 Å². The monoisotopic (exact) mass is 371 g/mol. The molecule has 0 aromatic heterocycles. The average Bonchev–Trinajstić information content (AvgIpc) is 2.55. The number of rotatable bonds is 7. The third-order valence-electron chi connectivity index (χ3n) is 3.84. The third kappa shape index (κ3) is 5.59. The lowest BCUT2D eigenvalue weighted by molar-refractivity contribution is -0.122. The van der Waals surface area contributed by atoms with E-state index in [2.05, 4.69) is 16.6 Å². The van der Waals surface area contributed by atoms with Gasteiger partial charge < -0.3 is 5.32 Å². The van der Waals surface area contributed by atoms with Gasteiger partial charge in [0.25, 0.3) is 0 Å². The van der Waals surface area contributed by atoms with Gasteiger partial charge >= 0.3 is 0 Å². The first-order valence-corrected chi connectivity index (χ1v) is 9.64. The molecule has 2 rings (SSSR count). The SMILES string of the molecule is C=CCNC(=O)CN1CCC(NS(=O)(=O)c2ccc(Cl)cc2)CC1. The van der Waals surface area contributed by atoms with Gasteiger partial charge in [0.1, 0.15) is 0 Å². The number of halogens is 1. The minimum atomic E-state index is -3.55. The minimum Gasteiger partial charge on any atom is -0.352 e. The molecule has 2 N–H and O–H groups in total. The zero-order valence-corrected chi connectivity index (χ0v) is 14.9. The number of hydrogen-bond acceptors (Lipinski definition) is 4. The Bertz CT molecular complexity index is 668. The molecule has 1 saturated heterocycles. The maximum Gasteiger partial charge on any atom is 0.240 e. The highest BCUT2D eigenvalue weighted by Gasteiger charge is 2.25. The van der Waals surface area contributed by atoms with Crippen molar-refractivity contribution in [3.05, 3.63) is 41.9 Å². The second-order valence-electron chi connectivity index (χ2n) is 5.72. The molecule has 0 bridgehead atoms. The summed E-state index contributed by atoms with van der Waals surface area (Å²) >= 11 is 5.78. The Morgan fingerprint density at radius 2 is 1.92 bits per heavy atom. The predicted octanol–water partition coefficient (Wildman–Crippen LogP) is 1.38. The van der Waals surface area contributed by atoms with Crippen LogP contribution in [0.5, 0.6) is 0 Å². The largest absolute Gasteiger partial charge is 0.352 e. The third-order valence-corrected chi connectivity index (χ3v) is 5.63. The van der Waals surface area contributed by atoms with Crippen LogP contribution in [0.25, 0.3) is 0 Å². The normalized spacial score (nSPS) is 16.7. The van der Waals surface area contributed by atoms with E-state index in [1.165, 1.54) is 12.1 Å². The molecule has 0 spiro atoms. The second-order valence-corrected chi connectivity index (χ2v) is 7.87. The van der Waals surface area contributed by atoms with E-state index in [1.54, 1.807) is 18.2 Å². The van der Waals surface area contributed by atoms with E-state index in [1.807, 2.05) is 4.90 Å². The van der Waals surface area contributed by atoms with Gasteiger partial charge in [-0.2, -0.15) is 0 Å². The molecule has 1 amide bonds. The van der Waals surface area contributed by atoms with Crippen molar-refractivity contribution < 1.29 is 13.2 Å². The fourth-order valence-electron chi connectivity index (χ4n) is 2.56. The zero-order chi connectivity index (χ0) is 17.6. The van der Waals surface area contributed by atoms with Crippen molar-refractivity contribution in [2.45, 2.75) is 23.8 Å². The van der Waals surface area contributed by atoms with E-state index < -0.39 is 10.0 Å². The van der Waals surface area contributed by atoms with Crippen LogP contribution in [0.1, 0.15) is 12.8 Å². The van der Waals surface area contributed by atoms with Crippen LogP contribution in [-0.4, -0.2) is 51.4 Å². The summed E-state index contributed by atoms with van der Waals surface area (Å²) in [6.45, 7) is 5.68. The Balaban J connectivity index is 1.83. The van der Waals surface area contributed by atoms with Gasteiger partial charge in [-0.3, -0.25) is 9.69 Å². The number of likely N-dealkylation sites (tertiary alicyclic amines) is 1. The molecule has 1 heterocycles. The standard InChI is InChI=1S/C16H22ClN3O3S/c1-2-9-18-16(21)12-20-10-7-14(8-11-20)19-24(22,23)15-5-3-13(17)4-6-15/h2-6,14,19H,1,7-12H2,(H,18,21). The Labute approximate surface area is 147 Å². The molecule has 132 valence electrons. The zero-order valence-electron chi connectivity index (χ0n) is 13.4. The summed E-state index contributed by atoms with van der Waals surface area (Å²) in [7, 11) is -3.55. The highest BCUT2D eigenvalue weighted by Crippen LogP contribution is 2.17. The van der Waals surface area contributed by atoms with E-state index in [0.29, 0.717) is 44.0 Å². The minimum absolute atomic E-state index is 0.0462. The Hall–Kier alpha value is -1.41. The molecule has 1 aliphatic rings. The number of carbonyl (C=O) groups is 1. The number of nitrogens with one attached hydrogen (secondary N) is 2. The maximum atomic E-state index is 12.3. The van der Waals surface area contributed by atoms with Crippen LogP contribution in [0.15, 0.2) is 41.8 Å². The first-order chi connectivity index (χ1) is 11.4. The summed E-state index contributed by atoms with van der Waals surface area (Å²) in [4.78, 5) is 13.9. The number of nitrogens with zero attached hydrogens (tertiary/aromatic N) is 1. The Kier molecular flexibility index (Phi) is 6.79.